The molecule has 1 aliphatic heterocycles. The zero-order valence-electron chi connectivity index (χ0n) is 17.1. The fourth-order valence-electron chi connectivity index (χ4n) is 3.73. The zero-order chi connectivity index (χ0) is 22.8. The van der Waals surface area contributed by atoms with Gasteiger partial charge in [0.1, 0.15) is 0 Å². The summed E-state index contributed by atoms with van der Waals surface area (Å²) in [6.07, 6.45) is -3.44. The minimum atomic E-state index is -4.45. The third-order valence-corrected chi connectivity index (χ3v) is 7.08. The van der Waals surface area contributed by atoms with E-state index in [1.165, 1.54) is 28.6 Å². The first-order valence-electron chi connectivity index (χ1n) is 9.80. The predicted octanol–water partition coefficient (Wildman–Crippen LogP) is 5.18. The van der Waals surface area contributed by atoms with Crippen LogP contribution in [0.5, 0.6) is 0 Å². The van der Waals surface area contributed by atoms with Gasteiger partial charge in [0.05, 0.1) is 10.5 Å². The molecule has 1 saturated heterocycles. The summed E-state index contributed by atoms with van der Waals surface area (Å²) >= 11 is 5.16. The summed E-state index contributed by atoms with van der Waals surface area (Å²) in [7, 11) is -3.59. The molecule has 0 spiro atoms. The molecule has 1 fully saturated rings. The Morgan fingerprint density at radius 2 is 1.58 bits per heavy atom. The van der Waals surface area contributed by atoms with E-state index in [-0.39, 0.29) is 15.7 Å². The summed E-state index contributed by atoms with van der Waals surface area (Å²) in [5.74, 6) is 0.609. The van der Waals surface area contributed by atoms with Gasteiger partial charge in [0.2, 0.25) is 10.0 Å². The van der Waals surface area contributed by atoms with Crippen molar-refractivity contribution in [3.8, 4) is 0 Å². The van der Waals surface area contributed by atoms with Gasteiger partial charge in [0.15, 0.2) is 5.11 Å². The van der Waals surface area contributed by atoms with Gasteiger partial charge in [0.25, 0.3) is 0 Å². The van der Waals surface area contributed by atoms with E-state index >= 15 is 0 Å². The fraction of sp³-hybridized carbons (Fsp3) is 0.381. The van der Waals surface area contributed by atoms with Gasteiger partial charge >= 0.3 is 6.18 Å². The quantitative estimate of drug-likeness (QED) is 0.602. The second-order valence-corrected chi connectivity index (χ2v) is 10.3. The van der Waals surface area contributed by atoms with Crippen molar-refractivity contribution in [3.05, 3.63) is 54.1 Å². The molecule has 2 aromatic carbocycles. The van der Waals surface area contributed by atoms with Crippen LogP contribution >= 0.6 is 12.2 Å². The molecule has 10 heteroatoms. The highest BCUT2D eigenvalue weighted by Crippen LogP contribution is 2.31. The Kier molecular flexibility index (Phi) is 6.92. The van der Waals surface area contributed by atoms with Crippen LogP contribution in [-0.2, 0) is 16.2 Å². The lowest BCUT2D eigenvalue weighted by molar-refractivity contribution is -0.137. The third-order valence-electron chi connectivity index (χ3n) is 5.03. The number of thiocarbonyl (C=S) groups is 1. The highest BCUT2D eigenvalue weighted by atomic mass is 32.2. The van der Waals surface area contributed by atoms with Gasteiger partial charge in [0, 0.05) is 24.5 Å². The minimum Gasteiger partial charge on any atom is -0.332 e. The number of halogens is 3. The van der Waals surface area contributed by atoms with Crippen LogP contribution in [0.2, 0.25) is 0 Å². The smallest absolute Gasteiger partial charge is 0.332 e. The molecule has 5 nitrogen and oxygen atoms in total. The summed E-state index contributed by atoms with van der Waals surface area (Å²) in [5.41, 5.74) is -0.0696. The Morgan fingerprint density at radius 1 is 1.00 bits per heavy atom. The molecule has 2 aromatic rings. The largest absolute Gasteiger partial charge is 0.416 e. The van der Waals surface area contributed by atoms with Crippen molar-refractivity contribution in [2.45, 2.75) is 31.3 Å². The normalized spacial score (nSPS) is 20.3. The first-order chi connectivity index (χ1) is 14.4. The lowest BCUT2D eigenvalue weighted by atomic mass is 9.94. The summed E-state index contributed by atoms with van der Waals surface area (Å²) in [6, 6.07) is 10.8. The minimum absolute atomic E-state index is 0.0913. The second kappa shape index (κ2) is 9.13. The molecular weight excluding hydrogens is 447 g/mol. The summed E-state index contributed by atoms with van der Waals surface area (Å²) in [6.45, 7) is 5.09. The molecule has 0 amide bonds. The summed E-state index contributed by atoms with van der Waals surface area (Å²) in [4.78, 5) is 0.191. The Bertz CT molecular complexity index is 1030. The van der Waals surface area contributed by atoms with Crippen molar-refractivity contribution in [1.29, 1.82) is 0 Å². The average Bonchev–Trinajstić information content (AvgIpc) is 2.67. The van der Waals surface area contributed by atoms with Crippen molar-refractivity contribution in [2.24, 2.45) is 11.8 Å². The van der Waals surface area contributed by atoms with Crippen molar-refractivity contribution >= 4 is 38.7 Å². The average molecular weight is 472 g/mol. The van der Waals surface area contributed by atoms with E-state index in [4.69, 9.17) is 12.2 Å². The highest BCUT2D eigenvalue weighted by Gasteiger charge is 2.32. The first kappa shape index (κ1) is 23.5. The maximum absolute atomic E-state index is 12.9. The Labute approximate surface area is 185 Å². The van der Waals surface area contributed by atoms with Gasteiger partial charge < -0.3 is 10.6 Å². The van der Waals surface area contributed by atoms with E-state index in [9.17, 15) is 21.6 Å². The fourth-order valence-corrected chi connectivity index (χ4v) is 5.64. The van der Waals surface area contributed by atoms with Crippen molar-refractivity contribution in [2.75, 3.05) is 23.7 Å². The van der Waals surface area contributed by atoms with Crippen LogP contribution in [0.15, 0.2) is 53.4 Å². The standard InChI is InChI=1S/C21H24F3N3O2S2/c1-14-10-15(2)13-27(12-14)31(28,29)19-8-6-17(7-9-19)25-20(30)26-18-5-3-4-16(11-18)21(22,23)24/h3-9,11,14-15H,10,12-13H2,1-2H3,(H2,25,26,30)/t14-,15-/m1/s1. The summed E-state index contributed by atoms with van der Waals surface area (Å²) < 4.78 is 65.9. The van der Waals surface area contributed by atoms with Gasteiger partial charge in [-0.3, -0.25) is 0 Å². The van der Waals surface area contributed by atoms with Crippen LogP contribution in [-0.4, -0.2) is 30.9 Å². The molecule has 0 unspecified atom stereocenters. The van der Waals surface area contributed by atoms with Crippen LogP contribution in [0.3, 0.4) is 0 Å². The molecule has 0 radical (unpaired) electrons. The molecule has 0 bridgehead atoms. The number of alkyl halides is 3. The number of piperidine rings is 1. The van der Waals surface area contributed by atoms with E-state index in [0.29, 0.717) is 30.6 Å². The highest BCUT2D eigenvalue weighted by molar-refractivity contribution is 7.89. The topological polar surface area (TPSA) is 61.4 Å². The molecule has 1 aliphatic rings. The number of benzene rings is 2. The van der Waals surface area contributed by atoms with Gasteiger partial charge in [-0.05, 0) is 72.9 Å². The maximum atomic E-state index is 12.9. The first-order valence-corrected chi connectivity index (χ1v) is 11.7. The zero-order valence-corrected chi connectivity index (χ0v) is 18.7. The molecule has 2 N–H and O–H groups in total. The van der Waals surface area contributed by atoms with Gasteiger partial charge in [-0.15, -0.1) is 0 Å². The molecule has 31 heavy (non-hydrogen) atoms. The van der Waals surface area contributed by atoms with Crippen LogP contribution in [0, 0.1) is 11.8 Å². The number of hydrogen-bond donors (Lipinski definition) is 2. The lowest BCUT2D eigenvalue weighted by Crippen LogP contribution is -2.42. The number of nitrogens with one attached hydrogen (secondary N) is 2. The molecule has 3 rings (SSSR count). The lowest BCUT2D eigenvalue weighted by Gasteiger charge is -2.34. The Balaban J connectivity index is 1.66. The third kappa shape index (κ3) is 5.96. The van der Waals surface area contributed by atoms with Gasteiger partial charge in [-0.2, -0.15) is 17.5 Å². The van der Waals surface area contributed by atoms with Crippen LogP contribution in [0.1, 0.15) is 25.8 Å². The summed E-state index contributed by atoms with van der Waals surface area (Å²) in [5, 5.41) is 5.65. The second-order valence-electron chi connectivity index (χ2n) is 7.95. The van der Waals surface area contributed by atoms with Crippen molar-refractivity contribution < 1.29 is 21.6 Å². The number of anilines is 2. The van der Waals surface area contributed by atoms with Crippen molar-refractivity contribution in [1.82, 2.24) is 4.31 Å². The molecular formula is C21H24F3N3O2S2. The Morgan fingerprint density at radius 3 is 2.16 bits per heavy atom. The van der Waals surface area contributed by atoms with Gasteiger partial charge in [-0.25, -0.2) is 8.42 Å². The monoisotopic (exact) mass is 471 g/mol. The van der Waals surface area contributed by atoms with Crippen LogP contribution < -0.4 is 10.6 Å². The molecule has 0 saturated carbocycles. The maximum Gasteiger partial charge on any atom is 0.416 e. The van der Waals surface area contributed by atoms with E-state index in [2.05, 4.69) is 10.6 Å². The molecule has 2 atom stereocenters. The van der Waals surface area contributed by atoms with E-state index in [0.717, 1.165) is 18.6 Å². The van der Waals surface area contributed by atoms with Gasteiger partial charge in [-0.1, -0.05) is 19.9 Å². The van der Waals surface area contributed by atoms with E-state index in [1.54, 1.807) is 12.1 Å². The Hall–Kier alpha value is -2.17. The molecule has 1 heterocycles. The number of sulfonamides is 1. The number of nitrogens with zero attached hydrogens (tertiary/aromatic N) is 1. The molecule has 0 aromatic heterocycles. The predicted molar refractivity (Wildman–Crippen MR) is 119 cm³/mol. The number of hydrogen-bond acceptors (Lipinski definition) is 3. The van der Waals surface area contributed by atoms with Crippen LogP contribution in [0.25, 0.3) is 0 Å². The molecule has 0 aliphatic carbocycles. The van der Waals surface area contributed by atoms with E-state index in [1.807, 2.05) is 13.8 Å². The van der Waals surface area contributed by atoms with E-state index < -0.39 is 21.8 Å². The molecule has 168 valence electrons. The van der Waals surface area contributed by atoms with Crippen molar-refractivity contribution in [3.63, 3.8) is 0 Å². The SMILES string of the molecule is C[C@@H]1C[C@@H](C)CN(S(=O)(=O)c2ccc(NC(=S)Nc3cccc(C(F)(F)F)c3)cc2)C1. The van der Waals surface area contributed by atoms with Crippen LogP contribution in [0.4, 0.5) is 24.5 Å². The number of rotatable bonds is 4.